The molecule has 0 spiro atoms. The first kappa shape index (κ1) is 16.1. The van der Waals surface area contributed by atoms with Crippen molar-refractivity contribution in [1.82, 2.24) is 15.1 Å². The summed E-state index contributed by atoms with van der Waals surface area (Å²) in [5.41, 5.74) is 1.98. The number of rotatable bonds is 7. The first-order chi connectivity index (χ1) is 11.8. The summed E-state index contributed by atoms with van der Waals surface area (Å²) in [6, 6.07) is 13.9. The van der Waals surface area contributed by atoms with Gasteiger partial charge in [-0.05, 0) is 37.5 Å². The summed E-state index contributed by atoms with van der Waals surface area (Å²) in [7, 11) is 0. The van der Waals surface area contributed by atoms with E-state index in [4.69, 9.17) is 9.63 Å². The Kier molecular flexibility index (Phi) is 5.18. The smallest absolute Gasteiger partial charge is 0.258 e. The van der Waals surface area contributed by atoms with Crippen LogP contribution in [-0.4, -0.2) is 26.8 Å². The zero-order valence-electron chi connectivity index (χ0n) is 13.5. The third-order valence-corrected chi connectivity index (χ3v) is 3.71. The molecule has 2 heterocycles. The summed E-state index contributed by atoms with van der Waals surface area (Å²) in [6.45, 7) is 1.95. The molecular formula is C18H20N4O2. The van der Waals surface area contributed by atoms with Crippen molar-refractivity contribution in [3.8, 4) is 11.5 Å². The standard InChI is InChI=1S/C18H20N4O2/c1-13-20-18(24-22-13)15-9-10-19-17(12-15)21-16(8-5-11-23)14-6-3-2-4-7-14/h2-4,6-7,9-10,12,16,23H,5,8,11H2,1H3,(H,19,21). The molecule has 1 unspecified atom stereocenters. The Balaban J connectivity index is 1.82. The first-order valence-electron chi connectivity index (χ1n) is 7.95. The van der Waals surface area contributed by atoms with E-state index in [0.29, 0.717) is 11.7 Å². The number of aliphatic hydroxyl groups is 1. The fourth-order valence-electron chi connectivity index (χ4n) is 2.54. The van der Waals surface area contributed by atoms with Gasteiger partial charge in [-0.1, -0.05) is 35.5 Å². The van der Waals surface area contributed by atoms with Crippen LogP contribution in [0.2, 0.25) is 0 Å². The van der Waals surface area contributed by atoms with Crippen LogP contribution in [0.15, 0.2) is 53.2 Å². The predicted molar refractivity (Wildman–Crippen MR) is 91.4 cm³/mol. The summed E-state index contributed by atoms with van der Waals surface area (Å²) in [5.74, 6) is 1.81. The minimum atomic E-state index is 0.0746. The lowest BCUT2D eigenvalue weighted by atomic mass is 10.0. The number of aliphatic hydroxyl groups excluding tert-OH is 1. The summed E-state index contributed by atoms with van der Waals surface area (Å²) in [6.07, 6.45) is 3.24. The van der Waals surface area contributed by atoms with Gasteiger partial charge in [0.15, 0.2) is 5.82 Å². The number of hydrogen-bond donors (Lipinski definition) is 2. The number of nitrogens with one attached hydrogen (secondary N) is 1. The summed E-state index contributed by atoms with van der Waals surface area (Å²) >= 11 is 0. The maximum atomic E-state index is 9.15. The van der Waals surface area contributed by atoms with Crippen molar-refractivity contribution in [2.24, 2.45) is 0 Å². The molecule has 0 aliphatic carbocycles. The van der Waals surface area contributed by atoms with Crippen LogP contribution in [0.4, 0.5) is 5.82 Å². The van der Waals surface area contributed by atoms with E-state index in [9.17, 15) is 0 Å². The topological polar surface area (TPSA) is 84.1 Å². The lowest BCUT2D eigenvalue weighted by Gasteiger charge is -2.19. The van der Waals surface area contributed by atoms with E-state index in [1.165, 1.54) is 0 Å². The monoisotopic (exact) mass is 324 g/mol. The highest BCUT2D eigenvalue weighted by Crippen LogP contribution is 2.25. The molecule has 0 saturated heterocycles. The van der Waals surface area contributed by atoms with Crippen LogP contribution in [0, 0.1) is 6.92 Å². The molecule has 1 aromatic carbocycles. The van der Waals surface area contributed by atoms with Crippen molar-refractivity contribution in [3.63, 3.8) is 0 Å². The van der Waals surface area contributed by atoms with E-state index in [2.05, 4.69) is 32.6 Å². The van der Waals surface area contributed by atoms with E-state index >= 15 is 0 Å². The Morgan fingerprint density at radius 2 is 2.04 bits per heavy atom. The maximum Gasteiger partial charge on any atom is 0.258 e. The number of nitrogens with zero attached hydrogens (tertiary/aromatic N) is 3. The average molecular weight is 324 g/mol. The van der Waals surface area contributed by atoms with Crippen LogP contribution in [0.1, 0.15) is 30.3 Å². The van der Waals surface area contributed by atoms with Gasteiger partial charge in [-0.2, -0.15) is 4.98 Å². The molecule has 1 atom stereocenters. The summed E-state index contributed by atoms with van der Waals surface area (Å²) in [4.78, 5) is 8.62. The molecule has 0 radical (unpaired) electrons. The van der Waals surface area contributed by atoms with Gasteiger partial charge >= 0.3 is 0 Å². The average Bonchev–Trinajstić information content (AvgIpc) is 3.06. The van der Waals surface area contributed by atoms with E-state index in [1.54, 1.807) is 13.1 Å². The van der Waals surface area contributed by atoms with Gasteiger partial charge in [-0.15, -0.1) is 0 Å². The number of pyridine rings is 1. The molecule has 6 heteroatoms. The first-order valence-corrected chi connectivity index (χ1v) is 7.95. The zero-order chi connectivity index (χ0) is 16.8. The number of anilines is 1. The molecule has 0 aliphatic rings. The fraction of sp³-hybridized carbons (Fsp3) is 0.278. The lowest BCUT2D eigenvalue weighted by molar-refractivity contribution is 0.281. The number of aromatic nitrogens is 3. The largest absolute Gasteiger partial charge is 0.396 e. The van der Waals surface area contributed by atoms with Crippen molar-refractivity contribution >= 4 is 5.82 Å². The minimum Gasteiger partial charge on any atom is -0.396 e. The van der Waals surface area contributed by atoms with E-state index < -0.39 is 0 Å². The van der Waals surface area contributed by atoms with Crippen LogP contribution in [0.3, 0.4) is 0 Å². The third-order valence-electron chi connectivity index (χ3n) is 3.71. The van der Waals surface area contributed by atoms with Crippen molar-refractivity contribution < 1.29 is 9.63 Å². The van der Waals surface area contributed by atoms with Crippen LogP contribution >= 0.6 is 0 Å². The highest BCUT2D eigenvalue weighted by Gasteiger charge is 2.13. The lowest BCUT2D eigenvalue weighted by Crippen LogP contribution is -2.12. The normalized spacial score (nSPS) is 12.1. The van der Waals surface area contributed by atoms with Gasteiger partial charge < -0.3 is 14.9 Å². The van der Waals surface area contributed by atoms with Gasteiger partial charge in [0.25, 0.3) is 5.89 Å². The SMILES string of the molecule is Cc1noc(-c2ccnc(NC(CCCO)c3ccccc3)c2)n1. The van der Waals surface area contributed by atoms with E-state index in [-0.39, 0.29) is 12.6 Å². The summed E-state index contributed by atoms with van der Waals surface area (Å²) in [5, 5.41) is 16.4. The van der Waals surface area contributed by atoms with Gasteiger partial charge in [-0.25, -0.2) is 4.98 Å². The molecule has 6 nitrogen and oxygen atoms in total. The molecule has 2 N–H and O–H groups in total. The Morgan fingerprint density at radius 1 is 1.21 bits per heavy atom. The molecule has 3 rings (SSSR count). The molecule has 2 aromatic heterocycles. The molecule has 3 aromatic rings. The van der Waals surface area contributed by atoms with Crippen molar-refractivity contribution in [3.05, 3.63) is 60.0 Å². The van der Waals surface area contributed by atoms with E-state index in [0.717, 1.165) is 29.8 Å². The number of aryl methyl sites for hydroxylation is 1. The number of hydrogen-bond acceptors (Lipinski definition) is 6. The zero-order valence-corrected chi connectivity index (χ0v) is 13.5. The van der Waals surface area contributed by atoms with Gasteiger partial charge in [0.2, 0.25) is 0 Å². The summed E-state index contributed by atoms with van der Waals surface area (Å²) < 4.78 is 5.21. The Labute approximate surface area is 140 Å². The van der Waals surface area contributed by atoms with Gasteiger partial charge in [0.05, 0.1) is 6.04 Å². The maximum absolute atomic E-state index is 9.15. The highest BCUT2D eigenvalue weighted by atomic mass is 16.5. The quantitative estimate of drug-likeness (QED) is 0.693. The second-order valence-electron chi connectivity index (χ2n) is 5.55. The molecule has 0 bridgehead atoms. The van der Waals surface area contributed by atoms with Crippen molar-refractivity contribution in [2.75, 3.05) is 11.9 Å². The molecule has 0 saturated carbocycles. The molecule has 0 fully saturated rings. The van der Waals surface area contributed by atoms with Gasteiger partial charge in [0, 0.05) is 18.4 Å². The van der Waals surface area contributed by atoms with Gasteiger partial charge in [-0.3, -0.25) is 0 Å². The number of benzene rings is 1. The molecule has 0 aliphatic heterocycles. The minimum absolute atomic E-state index is 0.0746. The Morgan fingerprint density at radius 3 is 2.75 bits per heavy atom. The second kappa shape index (κ2) is 7.70. The molecule has 124 valence electrons. The third kappa shape index (κ3) is 3.97. The van der Waals surface area contributed by atoms with Crippen molar-refractivity contribution in [2.45, 2.75) is 25.8 Å². The van der Waals surface area contributed by atoms with Crippen LogP contribution in [0.25, 0.3) is 11.5 Å². The molecular weight excluding hydrogens is 304 g/mol. The fourth-order valence-corrected chi connectivity index (χ4v) is 2.54. The molecule has 0 amide bonds. The van der Waals surface area contributed by atoms with Crippen molar-refractivity contribution in [1.29, 1.82) is 0 Å². The van der Waals surface area contributed by atoms with Crippen LogP contribution < -0.4 is 5.32 Å². The molecule has 24 heavy (non-hydrogen) atoms. The van der Waals surface area contributed by atoms with Crippen LogP contribution in [0.5, 0.6) is 0 Å². The van der Waals surface area contributed by atoms with E-state index in [1.807, 2.05) is 30.3 Å². The van der Waals surface area contributed by atoms with Crippen LogP contribution in [-0.2, 0) is 0 Å². The highest BCUT2D eigenvalue weighted by molar-refractivity contribution is 5.58. The Bertz CT molecular complexity index is 773. The Hall–Kier alpha value is -2.73. The second-order valence-corrected chi connectivity index (χ2v) is 5.55. The predicted octanol–water partition coefficient (Wildman–Crippen LogP) is 3.37. The van der Waals surface area contributed by atoms with Gasteiger partial charge in [0.1, 0.15) is 5.82 Å².